The van der Waals surface area contributed by atoms with Crippen LogP contribution in [0.2, 0.25) is 0 Å². The zero-order valence-corrected chi connectivity index (χ0v) is 12.6. The lowest BCUT2D eigenvalue weighted by Gasteiger charge is -2.23. The Bertz CT molecular complexity index is 501. The van der Waals surface area contributed by atoms with Gasteiger partial charge in [-0.05, 0) is 63.6 Å². The Morgan fingerprint density at radius 3 is 2.33 bits per heavy atom. The van der Waals surface area contributed by atoms with Gasteiger partial charge in [-0.2, -0.15) is 0 Å². The van der Waals surface area contributed by atoms with Crippen molar-refractivity contribution in [2.45, 2.75) is 51.7 Å². The number of carbonyl (C=O) groups is 1. The van der Waals surface area contributed by atoms with Gasteiger partial charge in [0.05, 0.1) is 0 Å². The Balaban J connectivity index is 2.01. The average molecular weight is 297 g/mol. The third kappa shape index (κ3) is 5.33. The molecule has 0 aliphatic heterocycles. The number of hydrogen-bond donors (Lipinski definition) is 1. The van der Waals surface area contributed by atoms with E-state index in [0.29, 0.717) is 17.9 Å². The first-order chi connectivity index (χ1) is 9.73. The minimum absolute atomic E-state index is 0.152. The molecule has 0 spiro atoms. The zero-order valence-electron chi connectivity index (χ0n) is 12.6. The first-order valence-corrected chi connectivity index (χ1v) is 7.17. The molecule has 0 unspecified atom stereocenters. The Labute approximate surface area is 123 Å². The second kappa shape index (κ2) is 6.00. The molecule has 1 fully saturated rings. The summed E-state index contributed by atoms with van der Waals surface area (Å²) in [5, 5.41) is 2.82. The molecule has 21 heavy (non-hydrogen) atoms. The fourth-order valence-corrected chi connectivity index (χ4v) is 2.28. The molecule has 1 aromatic carbocycles. The number of nitrogens with one attached hydrogen (secondary N) is 1. The van der Waals surface area contributed by atoms with Crippen LogP contribution < -0.4 is 5.32 Å². The third-order valence-corrected chi connectivity index (χ3v) is 3.27. The third-order valence-electron chi connectivity index (χ3n) is 3.27. The van der Waals surface area contributed by atoms with Crippen molar-refractivity contribution in [2.75, 3.05) is 0 Å². The van der Waals surface area contributed by atoms with Crippen LogP contribution in [-0.2, 0) is 11.2 Å². The summed E-state index contributed by atoms with van der Waals surface area (Å²) in [6.07, 6.45) is 1.94. The maximum absolute atomic E-state index is 13.2. The van der Waals surface area contributed by atoms with Crippen LogP contribution in [0.4, 0.5) is 13.6 Å². The topological polar surface area (TPSA) is 38.3 Å². The minimum Gasteiger partial charge on any atom is -0.444 e. The van der Waals surface area contributed by atoms with E-state index in [9.17, 15) is 13.6 Å². The summed E-state index contributed by atoms with van der Waals surface area (Å²) in [5.41, 5.74) is -0.0242. The van der Waals surface area contributed by atoms with E-state index < -0.39 is 23.3 Å². The van der Waals surface area contributed by atoms with Gasteiger partial charge in [-0.1, -0.05) is 0 Å². The number of alkyl carbamates (subject to hydrolysis) is 1. The number of halogens is 2. The van der Waals surface area contributed by atoms with Gasteiger partial charge < -0.3 is 10.1 Å². The van der Waals surface area contributed by atoms with Gasteiger partial charge >= 0.3 is 6.09 Å². The Hall–Kier alpha value is -1.65. The van der Waals surface area contributed by atoms with E-state index in [-0.39, 0.29) is 6.04 Å². The lowest BCUT2D eigenvalue weighted by atomic mass is 10.0. The number of ether oxygens (including phenoxy) is 1. The summed E-state index contributed by atoms with van der Waals surface area (Å²) in [6, 6.07) is 3.29. The molecule has 1 N–H and O–H groups in total. The minimum atomic E-state index is -0.600. The van der Waals surface area contributed by atoms with E-state index in [1.54, 1.807) is 20.8 Å². The first kappa shape index (κ1) is 15.7. The summed E-state index contributed by atoms with van der Waals surface area (Å²) in [6.45, 7) is 5.38. The van der Waals surface area contributed by atoms with Gasteiger partial charge in [-0.3, -0.25) is 0 Å². The molecule has 1 aliphatic rings. The molecular weight excluding hydrogens is 276 g/mol. The average Bonchev–Trinajstić information content (AvgIpc) is 3.06. The van der Waals surface area contributed by atoms with Crippen molar-refractivity contribution in [2.24, 2.45) is 5.92 Å². The van der Waals surface area contributed by atoms with Crippen LogP contribution in [-0.4, -0.2) is 17.7 Å². The van der Waals surface area contributed by atoms with E-state index in [1.807, 2.05) is 0 Å². The fraction of sp³-hybridized carbons (Fsp3) is 0.562. The lowest BCUT2D eigenvalue weighted by Crippen LogP contribution is -2.41. The molecule has 1 amide bonds. The molecule has 1 aromatic rings. The van der Waals surface area contributed by atoms with Gasteiger partial charge in [0.1, 0.15) is 17.2 Å². The smallest absolute Gasteiger partial charge is 0.407 e. The summed E-state index contributed by atoms with van der Waals surface area (Å²) in [7, 11) is 0. The molecule has 0 aromatic heterocycles. The van der Waals surface area contributed by atoms with Crippen LogP contribution in [0.3, 0.4) is 0 Å². The van der Waals surface area contributed by atoms with Gasteiger partial charge in [-0.25, -0.2) is 13.6 Å². The molecule has 1 saturated carbocycles. The lowest BCUT2D eigenvalue weighted by molar-refractivity contribution is 0.0498. The standard InChI is InChI=1S/C16H21F2NO2/c1-16(2,3)21-15(20)19-14(11-4-5-11)8-10-6-12(17)9-13(18)7-10/h6-7,9,11,14H,4-5,8H2,1-3H3,(H,19,20)/t14-/m0/s1. The van der Waals surface area contributed by atoms with Gasteiger partial charge in [0.25, 0.3) is 0 Å². The predicted octanol–water partition coefficient (Wildman–Crippen LogP) is 3.81. The fourth-order valence-electron chi connectivity index (χ4n) is 2.28. The Morgan fingerprint density at radius 1 is 1.29 bits per heavy atom. The highest BCUT2D eigenvalue weighted by Gasteiger charge is 2.33. The van der Waals surface area contributed by atoms with Crippen LogP contribution >= 0.6 is 0 Å². The SMILES string of the molecule is CC(C)(C)OC(=O)N[C@@H](Cc1cc(F)cc(F)c1)C1CC1. The van der Waals surface area contributed by atoms with Crippen LogP contribution in [0.15, 0.2) is 18.2 Å². The zero-order chi connectivity index (χ0) is 15.6. The molecule has 1 atom stereocenters. The van der Waals surface area contributed by atoms with Crippen LogP contribution in [0.25, 0.3) is 0 Å². The molecular formula is C16H21F2NO2. The summed E-state index contributed by atoms with van der Waals surface area (Å²) >= 11 is 0. The van der Waals surface area contributed by atoms with Gasteiger partial charge in [0.2, 0.25) is 0 Å². The quantitative estimate of drug-likeness (QED) is 0.917. The van der Waals surface area contributed by atoms with E-state index in [4.69, 9.17) is 4.74 Å². The highest BCUT2D eigenvalue weighted by atomic mass is 19.1. The highest BCUT2D eigenvalue weighted by molar-refractivity contribution is 5.68. The van der Waals surface area contributed by atoms with Crippen molar-refractivity contribution in [3.05, 3.63) is 35.4 Å². The molecule has 5 heteroatoms. The van der Waals surface area contributed by atoms with Gasteiger partial charge in [0.15, 0.2) is 0 Å². The maximum Gasteiger partial charge on any atom is 0.407 e. The molecule has 0 heterocycles. The largest absolute Gasteiger partial charge is 0.444 e. The van der Waals surface area contributed by atoms with Crippen molar-refractivity contribution in [1.82, 2.24) is 5.32 Å². The van der Waals surface area contributed by atoms with Crippen LogP contribution in [0, 0.1) is 17.6 Å². The van der Waals surface area contributed by atoms with Crippen molar-refractivity contribution in [1.29, 1.82) is 0 Å². The summed E-state index contributed by atoms with van der Waals surface area (Å²) < 4.78 is 31.7. The molecule has 0 saturated heterocycles. The normalized spacial score (nSPS) is 16.4. The van der Waals surface area contributed by atoms with E-state index in [1.165, 1.54) is 12.1 Å². The van der Waals surface area contributed by atoms with Crippen molar-refractivity contribution < 1.29 is 18.3 Å². The number of rotatable bonds is 4. The molecule has 0 bridgehead atoms. The Kier molecular flexibility index (Phi) is 4.49. The summed E-state index contributed by atoms with van der Waals surface area (Å²) in [5.74, 6) is -0.850. The summed E-state index contributed by atoms with van der Waals surface area (Å²) in [4.78, 5) is 11.8. The van der Waals surface area contributed by atoms with Crippen LogP contribution in [0.1, 0.15) is 39.2 Å². The van der Waals surface area contributed by atoms with Crippen LogP contribution in [0.5, 0.6) is 0 Å². The molecule has 2 rings (SSSR count). The highest BCUT2D eigenvalue weighted by Crippen LogP contribution is 2.34. The van der Waals surface area contributed by atoms with Gasteiger partial charge in [0, 0.05) is 12.1 Å². The van der Waals surface area contributed by atoms with Gasteiger partial charge in [-0.15, -0.1) is 0 Å². The number of hydrogen-bond acceptors (Lipinski definition) is 2. The van der Waals surface area contributed by atoms with E-state index in [2.05, 4.69) is 5.32 Å². The monoisotopic (exact) mass is 297 g/mol. The molecule has 1 aliphatic carbocycles. The first-order valence-electron chi connectivity index (χ1n) is 7.17. The van der Waals surface area contributed by atoms with Crippen molar-refractivity contribution in [3.63, 3.8) is 0 Å². The number of carbonyl (C=O) groups excluding carboxylic acids is 1. The number of benzene rings is 1. The number of amides is 1. The Morgan fingerprint density at radius 2 is 1.86 bits per heavy atom. The molecule has 116 valence electrons. The van der Waals surface area contributed by atoms with E-state index in [0.717, 1.165) is 18.9 Å². The van der Waals surface area contributed by atoms with Crippen molar-refractivity contribution in [3.8, 4) is 0 Å². The van der Waals surface area contributed by atoms with E-state index >= 15 is 0 Å². The maximum atomic E-state index is 13.2. The molecule has 0 radical (unpaired) electrons. The van der Waals surface area contributed by atoms with Crippen molar-refractivity contribution >= 4 is 6.09 Å². The predicted molar refractivity (Wildman–Crippen MR) is 75.9 cm³/mol. The molecule has 3 nitrogen and oxygen atoms in total. The second-order valence-electron chi connectivity index (χ2n) is 6.57. The second-order valence-corrected chi connectivity index (χ2v) is 6.57.